The van der Waals surface area contributed by atoms with Crippen molar-refractivity contribution in [1.29, 1.82) is 0 Å². The van der Waals surface area contributed by atoms with Crippen molar-refractivity contribution in [1.82, 2.24) is 4.98 Å². The number of anilines is 1. The van der Waals surface area contributed by atoms with Gasteiger partial charge >= 0.3 is 0 Å². The first-order chi connectivity index (χ1) is 7.65. The molecule has 0 spiro atoms. The van der Waals surface area contributed by atoms with E-state index >= 15 is 0 Å². The first-order valence-corrected chi connectivity index (χ1v) is 6.80. The van der Waals surface area contributed by atoms with Gasteiger partial charge in [-0.25, -0.2) is 4.98 Å². The first-order valence-electron chi connectivity index (χ1n) is 6.01. The summed E-state index contributed by atoms with van der Waals surface area (Å²) in [6.07, 6.45) is 7.27. The van der Waals surface area contributed by atoms with Gasteiger partial charge in [0.1, 0.15) is 5.82 Å². The monoisotopic (exact) mass is 282 g/mol. The molecule has 0 atom stereocenters. The molecule has 2 rings (SSSR count). The van der Waals surface area contributed by atoms with Crippen LogP contribution < -0.4 is 5.32 Å². The Balaban J connectivity index is 1.94. The summed E-state index contributed by atoms with van der Waals surface area (Å²) in [6.45, 7) is 5.39. The van der Waals surface area contributed by atoms with E-state index in [0.29, 0.717) is 5.41 Å². The lowest BCUT2D eigenvalue weighted by molar-refractivity contribution is 0.485. The van der Waals surface area contributed by atoms with Crippen molar-refractivity contribution in [3.63, 3.8) is 0 Å². The highest BCUT2D eigenvalue weighted by Gasteiger charge is 2.41. The van der Waals surface area contributed by atoms with Crippen molar-refractivity contribution >= 4 is 21.7 Å². The molecule has 16 heavy (non-hydrogen) atoms. The third-order valence-electron chi connectivity index (χ3n) is 3.35. The molecule has 0 amide bonds. The van der Waals surface area contributed by atoms with Crippen LogP contribution in [0.2, 0.25) is 0 Å². The quantitative estimate of drug-likeness (QED) is 0.878. The van der Waals surface area contributed by atoms with E-state index in [0.717, 1.165) is 16.8 Å². The molecule has 0 bridgehead atoms. The number of aryl methyl sites for hydroxylation is 1. The Kier molecular flexibility index (Phi) is 3.53. The molecule has 0 unspecified atom stereocenters. The normalized spacial score (nSPS) is 17.2. The number of pyridine rings is 1. The van der Waals surface area contributed by atoms with Gasteiger partial charge in [0.2, 0.25) is 0 Å². The van der Waals surface area contributed by atoms with Crippen LogP contribution in [-0.4, -0.2) is 11.5 Å². The summed E-state index contributed by atoms with van der Waals surface area (Å²) in [4.78, 5) is 4.41. The largest absolute Gasteiger partial charge is 0.369 e. The minimum atomic E-state index is 0.570. The molecular formula is C13H19BrN2. The molecule has 0 aromatic carbocycles. The molecule has 88 valence electrons. The fourth-order valence-electron chi connectivity index (χ4n) is 2.16. The fraction of sp³-hybridized carbons (Fsp3) is 0.615. The maximum Gasteiger partial charge on any atom is 0.140 e. The number of hydrogen-bond acceptors (Lipinski definition) is 2. The van der Waals surface area contributed by atoms with Crippen LogP contribution in [0.15, 0.2) is 16.7 Å². The summed E-state index contributed by atoms with van der Waals surface area (Å²) in [7, 11) is 0. The first kappa shape index (κ1) is 11.9. The van der Waals surface area contributed by atoms with Gasteiger partial charge in [0.25, 0.3) is 0 Å². The standard InChI is InChI=1S/C13H19BrN2/c1-3-4-13(5-6-13)9-16-12-11(14)7-10(2)8-15-12/h7-8H,3-6,9H2,1-2H3,(H,15,16). The van der Waals surface area contributed by atoms with E-state index in [1.54, 1.807) is 0 Å². The lowest BCUT2D eigenvalue weighted by atomic mass is 10.0. The molecule has 1 heterocycles. The Morgan fingerprint density at radius 1 is 1.50 bits per heavy atom. The smallest absolute Gasteiger partial charge is 0.140 e. The van der Waals surface area contributed by atoms with Gasteiger partial charge in [0.05, 0.1) is 4.47 Å². The molecule has 1 aromatic rings. The Hall–Kier alpha value is -0.570. The van der Waals surface area contributed by atoms with Crippen molar-refractivity contribution in [3.05, 3.63) is 22.3 Å². The van der Waals surface area contributed by atoms with E-state index in [1.165, 1.54) is 31.2 Å². The van der Waals surface area contributed by atoms with Crippen molar-refractivity contribution in [2.45, 2.75) is 39.5 Å². The number of aromatic nitrogens is 1. The van der Waals surface area contributed by atoms with Crippen LogP contribution in [0.1, 0.15) is 38.2 Å². The maximum absolute atomic E-state index is 4.41. The van der Waals surface area contributed by atoms with Crippen LogP contribution in [0, 0.1) is 12.3 Å². The highest BCUT2D eigenvalue weighted by Crippen LogP contribution is 2.49. The van der Waals surface area contributed by atoms with Crippen LogP contribution in [0.3, 0.4) is 0 Å². The van der Waals surface area contributed by atoms with Gasteiger partial charge in [-0.05, 0) is 59.2 Å². The molecule has 1 aliphatic carbocycles. The molecule has 1 saturated carbocycles. The van der Waals surface area contributed by atoms with E-state index in [1.807, 2.05) is 6.20 Å². The van der Waals surface area contributed by atoms with Gasteiger partial charge in [-0.1, -0.05) is 13.3 Å². The third kappa shape index (κ3) is 2.76. The molecular weight excluding hydrogens is 264 g/mol. The predicted molar refractivity (Wildman–Crippen MR) is 71.7 cm³/mol. The van der Waals surface area contributed by atoms with Crippen LogP contribution in [0.25, 0.3) is 0 Å². The minimum Gasteiger partial charge on any atom is -0.369 e. The second-order valence-electron chi connectivity index (χ2n) is 4.95. The summed E-state index contributed by atoms with van der Waals surface area (Å²) in [5.74, 6) is 0.980. The molecule has 1 aromatic heterocycles. The number of nitrogens with zero attached hydrogens (tertiary/aromatic N) is 1. The average Bonchev–Trinajstić information content (AvgIpc) is 2.98. The van der Waals surface area contributed by atoms with Crippen molar-refractivity contribution in [2.75, 3.05) is 11.9 Å². The number of nitrogens with one attached hydrogen (secondary N) is 1. The van der Waals surface area contributed by atoms with Gasteiger partial charge in [-0.3, -0.25) is 0 Å². The van der Waals surface area contributed by atoms with Crippen LogP contribution in [0.5, 0.6) is 0 Å². The van der Waals surface area contributed by atoms with Gasteiger partial charge in [0.15, 0.2) is 0 Å². The van der Waals surface area contributed by atoms with Crippen molar-refractivity contribution in [2.24, 2.45) is 5.41 Å². The predicted octanol–water partition coefficient (Wildman–Crippen LogP) is 4.14. The second-order valence-corrected chi connectivity index (χ2v) is 5.80. The highest BCUT2D eigenvalue weighted by atomic mass is 79.9. The fourth-order valence-corrected chi connectivity index (χ4v) is 2.76. The lowest BCUT2D eigenvalue weighted by Gasteiger charge is -2.16. The summed E-state index contributed by atoms with van der Waals surface area (Å²) in [5, 5.41) is 3.47. The zero-order valence-corrected chi connectivity index (χ0v) is 11.6. The number of rotatable bonds is 5. The number of hydrogen-bond donors (Lipinski definition) is 1. The van der Waals surface area contributed by atoms with Crippen LogP contribution in [0.4, 0.5) is 5.82 Å². The SMILES string of the molecule is CCCC1(CNc2ncc(C)cc2Br)CC1. The Morgan fingerprint density at radius 2 is 2.25 bits per heavy atom. The van der Waals surface area contributed by atoms with E-state index in [2.05, 4.69) is 46.1 Å². The summed E-state index contributed by atoms with van der Waals surface area (Å²) >= 11 is 3.55. The molecule has 1 N–H and O–H groups in total. The lowest BCUT2D eigenvalue weighted by Crippen LogP contribution is -2.16. The summed E-state index contributed by atoms with van der Waals surface area (Å²) < 4.78 is 1.07. The van der Waals surface area contributed by atoms with E-state index in [4.69, 9.17) is 0 Å². The Morgan fingerprint density at radius 3 is 2.81 bits per heavy atom. The van der Waals surface area contributed by atoms with Gasteiger partial charge < -0.3 is 5.32 Å². The summed E-state index contributed by atoms with van der Waals surface area (Å²) in [6, 6.07) is 2.11. The van der Waals surface area contributed by atoms with E-state index in [-0.39, 0.29) is 0 Å². The summed E-state index contributed by atoms with van der Waals surface area (Å²) in [5.41, 5.74) is 1.76. The molecule has 1 fully saturated rings. The second kappa shape index (κ2) is 4.74. The zero-order valence-electron chi connectivity index (χ0n) is 10.0. The Bertz CT molecular complexity index is 372. The maximum atomic E-state index is 4.41. The number of halogens is 1. The Labute approximate surface area is 106 Å². The van der Waals surface area contributed by atoms with Crippen molar-refractivity contribution in [3.8, 4) is 0 Å². The van der Waals surface area contributed by atoms with E-state index < -0.39 is 0 Å². The molecule has 0 radical (unpaired) electrons. The molecule has 2 nitrogen and oxygen atoms in total. The average molecular weight is 283 g/mol. The van der Waals surface area contributed by atoms with Crippen LogP contribution in [-0.2, 0) is 0 Å². The highest BCUT2D eigenvalue weighted by molar-refractivity contribution is 9.10. The zero-order chi connectivity index (χ0) is 11.6. The molecule has 0 saturated heterocycles. The van der Waals surface area contributed by atoms with Gasteiger partial charge in [-0.15, -0.1) is 0 Å². The van der Waals surface area contributed by atoms with Crippen molar-refractivity contribution < 1.29 is 0 Å². The molecule has 3 heteroatoms. The van der Waals surface area contributed by atoms with Crippen LogP contribution >= 0.6 is 15.9 Å². The van der Waals surface area contributed by atoms with Gasteiger partial charge in [-0.2, -0.15) is 0 Å². The third-order valence-corrected chi connectivity index (χ3v) is 3.95. The molecule has 0 aliphatic heterocycles. The molecule has 1 aliphatic rings. The topological polar surface area (TPSA) is 24.9 Å². The van der Waals surface area contributed by atoms with E-state index in [9.17, 15) is 0 Å². The van der Waals surface area contributed by atoms with Gasteiger partial charge in [0, 0.05) is 12.7 Å². The minimum absolute atomic E-state index is 0.570.